The van der Waals surface area contributed by atoms with Crippen LogP contribution >= 0.6 is 0 Å². The summed E-state index contributed by atoms with van der Waals surface area (Å²) in [6, 6.07) is -3.43. The van der Waals surface area contributed by atoms with Crippen molar-refractivity contribution in [3.05, 3.63) is 36.6 Å². The van der Waals surface area contributed by atoms with Gasteiger partial charge in [0.25, 0.3) is 0 Å². The summed E-state index contributed by atoms with van der Waals surface area (Å²) in [4.78, 5) is 0. The van der Waals surface area contributed by atoms with Gasteiger partial charge in [0.15, 0.2) is 5.54 Å². The molecule has 2 unspecified atom stereocenters. The molecule has 0 radical (unpaired) electrons. The molecule has 5 heteroatoms. The Labute approximate surface area is 131 Å². The van der Waals surface area contributed by atoms with Gasteiger partial charge in [-0.2, -0.15) is 8.78 Å². The highest BCUT2D eigenvalue weighted by Crippen LogP contribution is 2.54. The summed E-state index contributed by atoms with van der Waals surface area (Å²) in [5, 5.41) is -0.448. The van der Waals surface area contributed by atoms with Crippen molar-refractivity contribution in [2.24, 2.45) is 5.92 Å². The summed E-state index contributed by atoms with van der Waals surface area (Å²) in [5.41, 5.74) is -1.85. The molecule has 0 N–H and O–H groups in total. The van der Waals surface area contributed by atoms with Crippen LogP contribution in [0.4, 0.5) is 13.3 Å². The zero-order chi connectivity index (χ0) is 16.8. The van der Waals surface area contributed by atoms with Crippen LogP contribution in [0.3, 0.4) is 0 Å². The van der Waals surface area contributed by atoms with Crippen LogP contribution < -0.4 is 0 Å². The molecule has 1 fully saturated rings. The first-order valence-corrected chi connectivity index (χ1v) is 7.69. The molecule has 1 heterocycles. The highest BCUT2D eigenvalue weighted by molar-refractivity contribution is 5.11. The minimum absolute atomic E-state index is 0.360. The van der Waals surface area contributed by atoms with E-state index >= 15 is 0 Å². The van der Waals surface area contributed by atoms with Gasteiger partial charge in [0, 0.05) is 6.42 Å². The Hall–Kier alpha value is -1.23. The number of alkyl halides is 2. The van der Waals surface area contributed by atoms with E-state index in [4.69, 9.17) is 4.74 Å². The van der Waals surface area contributed by atoms with Gasteiger partial charge in [-0.3, -0.25) is 0 Å². The largest absolute Gasteiger partial charge is 0.496 e. The molecule has 0 saturated carbocycles. The van der Waals surface area contributed by atoms with E-state index in [0.717, 1.165) is 19.8 Å². The summed E-state index contributed by atoms with van der Waals surface area (Å²) < 4.78 is 44.7. The Morgan fingerprint density at radius 1 is 1.36 bits per heavy atom. The average molecular weight is 317 g/mol. The van der Waals surface area contributed by atoms with E-state index in [1.807, 2.05) is 6.08 Å². The van der Waals surface area contributed by atoms with E-state index in [1.165, 1.54) is 0 Å². The Bertz CT molecular complexity index is 432. The maximum absolute atomic E-state index is 13.1. The van der Waals surface area contributed by atoms with Crippen molar-refractivity contribution in [3.8, 4) is 0 Å². The molecule has 0 spiro atoms. The molecule has 0 bridgehead atoms. The molecule has 2 nitrogen and oxygen atoms in total. The Kier molecular flexibility index (Phi) is 6.72. The fraction of sp³-hybridized carbons (Fsp3) is 0.647. The summed E-state index contributed by atoms with van der Waals surface area (Å²) in [5.74, 6) is 1.13. The van der Waals surface area contributed by atoms with E-state index in [2.05, 4.69) is 32.6 Å². The van der Waals surface area contributed by atoms with Crippen molar-refractivity contribution in [1.82, 2.24) is 5.12 Å². The topological polar surface area (TPSA) is 12.2 Å². The highest BCUT2D eigenvalue weighted by Gasteiger charge is 2.79. The summed E-state index contributed by atoms with van der Waals surface area (Å²) >= 11 is 0. The maximum Gasteiger partial charge on any atom is 0.354 e. The number of allylic oxidation sites excluding steroid dienone is 5. The fourth-order valence-corrected chi connectivity index (χ4v) is 1.99. The predicted molar refractivity (Wildman–Crippen MR) is 83.0 cm³/mol. The lowest BCUT2D eigenvalue weighted by molar-refractivity contribution is -0.0306. The second-order valence-electron chi connectivity index (χ2n) is 6.14. The number of hydrogen-bond donors (Lipinski definition) is 0. The van der Waals surface area contributed by atoms with Crippen LogP contribution in [0.5, 0.6) is 0 Å². The van der Waals surface area contributed by atoms with Crippen LogP contribution in [0.15, 0.2) is 36.6 Å². The second kappa shape index (κ2) is 7.86. The zero-order valence-corrected chi connectivity index (χ0v) is 13.6. The number of halogens is 3. The molecule has 0 aromatic carbocycles. The summed E-state index contributed by atoms with van der Waals surface area (Å²) in [6.07, 6.45) is 10.8. The smallest absolute Gasteiger partial charge is 0.354 e. The fourth-order valence-electron chi connectivity index (χ4n) is 1.99. The first-order valence-electron chi connectivity index (χ1n) is 7.69. The lowest BCUT2D eigenvalue weighted by atomic mass is 10.1. The van der Waals surface area contributed by atoms with Crippen LogP contribution in [-0.2, 0) is 4.74 Å². The average Bonchev–Trinajstić information content (AvgIpc) is 2.84. The number of nitrogens with zero attached hydrogens (tertiary/aromatic N) is 1. The van der Waals surface area contributed by atoms with E-state index in [1.54, 1.807) is 6.08 Å². The molecule has 22 heavy (non-hydrogen) atoms. The SMILES string of the molecule is C=CC/C=C(\CCCC=CC(C)C)OCC1(C)N(F)C1(F)F. The van der Waals surface area contributed by atoms with Crippen LogP contribution in [0.2, 0.25) is 0 Å². The number of unbranched alkanes of at least 4 members (excludes halogenated alkanes) is 1. The number of ether oxygens (including phenoxy) is 1. The van der Waals surface area contributed by atoms with Crippen LogP contribution in [-0.4, -0.2) is 23.3 Å². The van der Waals surface area contributed by atoms with Gasteiger partial charge in [-0.1, -0.05) is 37.2 Å². The van der Waals surface area contributed by atoms with E-state index < -0.39 is 16.7 Å². The first kappa shape index (κ1) is 18.8. The predicted octanol–water partition coefficient (Wildman–Crippen LogP) is 5.40. The molecule has 1 rings (SSSR count). The maximum atomic E-state index is 13.1. The molecule has 1 aliphatic heterocycles. The van der Waals surface area contributed by atoms with Gasteiger partial charge in [-0.15, -0.1) is 11.1 Å². The van der Waals surface area contributed by atoms with Crippen LogP contribution in [0.1, 0.15) is 46.5 Å². The zero-order valence-electron chi connectivity index (χ0n) is 13.6. The molecular formula is C17H26F3NO. The van der Waals surface area contributed by atoms with Crippen molar-refractivity contribution >= 4 is 0 Å². The van der Waals surface area contributed by atoms with Gasteiger partial charge in [-0.05, 0) is 38.2 Å². The van der Waals surface area contributed by atoms with Crippen molar-refractivity contribution in [1.29, 1.82) is 0 Å². The molecule has 0 aromatic rings. The Morgan fingerprint density at radius 2 is 2.00 bits per heavy atom. The van der Waals surface area contributed by atoms with Crippen molar-refractivity contribution in [2.75, 3.05) is 6.61 Å². The highest BCUT2D eigenvalue weighted by atomic mass is 19.3. The van der Waals surface area contributed by atoms with Crippen LogP contribution in [0.25, 0.3) is 0 Å². The second-order valence-corrected chi connectivity index (χ2v) is 6.14. The number of rotatable bonds is 10. The molecule has 0 amide bonds. The number of hydrogen-bond acceptors (Lipinski definition) is 2. The van der Waals surface area contributed by atoms with Crippen molar-refractivity contribution in [2.45, 2.75) is 58.0 Å². The minimum Gasteiger partial charge on any atom is -0.496 e. The van der Waals surface area contributed by atoms with E-state index in [0.29, 0.717) is 24.5 Å². The third kappa shape index (κ3) is 4.63. The Morgan fingerprint density at radius 3 is 2.50 bits per heavy atom. The van der Waals surface area contributed by atoms with Gasteiger partial charge in [0.1, 0.15) is 6.61 Å². The first-order chi connectivity index (χ1) is 10.3. The van der Waals surface area contributed by atoms with Crippen molar-refractivity contribution < 1.29 is 18.0 Å². The van der Waals surface area contributed by atoms with E-state index in [-0.39, 0.29) is 6.61 Å². The van der Waals surface area contributed by atoms with E-state index in [9.17, 15) is 13.3 Å². The van der Waals surface area contributed by atoms with Gasteiger partial charge in [-0.25, -0.2) is 0 Å². The summed E-state index contributed by atoms with van der Waals surface area (Å²) in [7, 11) is 0. The van der Waals surface area contributed by atoms with Crippen molar-refractivity contribution in [3.63, 3.8) is 0 Å². The van der Waals surface area contributed by atoms with Gasteiger partial charge in [0.05, 0.1) is 5.76 Å². The minimum atomic E-state index is -3.43. The normalized spacial score (nSPS) is 27.4. The molecule has 0 aromatic heterocycles. The molecule has 1 saturated heterocycles. The standard InChI is InChI=1S/C17H26F3NO/c1-5-6-11-15(12-9-7-8-10-14(2)3)22-13-16(4)17(18,19)21(16)20/h5,8,10-11,14H,1,6-7,9,12-13H2,2-4H3/b10-8?,15-11+. The molecule has 0 aliphatic carbocycles. The summed E-state index contributed by atoms with van der Waals surface area (Å²) in [6.45, 7) is 8.63. The van der Waals surface area contributed by atoms with Gasteiger partial charge < -0.3 is 4.74 Å². The van der Waals surface area contributed by atoms with Crippen LogP contribution in [0, 0.1) is 5.92 Å². The molecule has 1 aliphatic rings. The quantitative estimate of drug-likeness (QED) is 0.134. The molecule has 126 valence electrons. The molecule has 2 atom stereocenters. The third-order valence-corrected chi connectivity index (χ3v) is 3.64. The monoisotopic (exact) mass is 317 g/mol. The lowest BCUT2D eigenvalue weighted by Gasteiger charge is -2.13. The third-order valence-electron chi connectivity index (χ3n) is 3.64. The van der Waals surface area contributed by atoms with Gasteiger partial charge >= 0.3 is 6.05 Å². The lowest BCUT2D eigenvalue weighted by Crippen LogP contribution is -2.22. The molecular weight excluding hydrogens is 291 g/mol. The Balaban J connectivity index is 2.44. The van der Waals surface area contributed by atoms with Gasteiger partial charge in [0.2, 0.25) is 0 Å².